The molecule has 0 aliphatic carbocycles. The van der Waals surface area contributed by atoms with E-state index in [0.717, 1.165) is 62.2 Å². The molecule has 7 nitrogen and oxygen atoms in total. The second-order valence-electron chi connectivity index (χ2n) is 10.8. The maximum atomic E-state index is 13.9. The van der Waals surface area contributed by atoms with Crippen LogP contribution >= 0.6 is 0 Å². The molecule has 1 aromatic carbocycles. The summed E-state index contributed by atoms with van der Waals surface area (Å²) in [5.74, 6) is 0.464. The molecule has 1 aromatic heterocycles. The Hall–Kier alpha value is -2.81. The first-order chi connectivity index (χ1) is 17.8. The molecule has 4 heterocycles. The first-order valence-corrected chi connectivity index (χ1v) is 13.5. The summed E-state index contributed by atoms with van der Waals surface area (Å²) in [5, 5.41) is 3.01. The summed E-state index contributed by atoms with van der Waals surface area (Å²) >= 11 is 0. The van der Waals surface area contributed by atoms with E-state index in [2.05, 4.69) is 21.7 Å². The third-order valence-electron chi connectivity index (χ3n) is 8.42. The minimum Gasteiger partial charge on any atom is -0.349 e. The Morgan fingerprint density at radius 1 is 1.19 bits per heavy atom. The summed E-state index contributed by atoms with van der Waals surface area (Å²) in [5.41, 5.74) is 2.99. The normalized spacial score (nSPS) is 24.1. The van der Waals surface area contributed by atoms with E-state index in [1.807, 2.05) is 6.07 Å². The molecule has 2 bridgehead atoms. The molecule has 2 fully saturated rings. The first kappa shape index (κ1) is 25.8. The average Bonchev–Trinajstić information content (AvgIpc) is 3.31. The number of imidazole rings is 1. The Kier molecular flexibility index (Phi) is 7.60. The van der Waals surface area contributed by atoms with E-state index in [0.29, 0.717) is 31.2 Å². The molecule has 2 aromatic rings. The van der Waals surface area contributed by atoms with Crippen molar-refractivity contribution in [3.8, 4) is 0 Å². The fourth-order valence-corrected chi connectivity index (χ4v) is 6.87. The van der Waals surface area contributed by atoms with Crippen LogP contribution in [0.4, 0.5) is 8.78 Å². The molecular weight excluding hydrogens is 476 g/mol. The number of carbonyl (C=O) groups excluding carboxylic acids is 2. The minimum absolute atomic E-state index is 0.0567. The van der Waals surface area contributed by atoms with Gasteiger partial charge in [0, 0.05) is 50.3 Å². The lowest BCUT2D eigenvalue weighted by atomic mass is 9.94. The van der Waals surface area contributed by atoms with Gasteiger partial charge in [0.1, 0.15) is 11.6 Å². The molecule has 2 amide bonds. The second kappa shape index (κ2) is 10.9. The third-order valence-corrected chi connectivity index (χ3v) is 8.42. The number of piperidine rings is 1. The molecule has 0 radical (unpaired) electrons. The van der Waals surface area contributed by atoms with E-state index < -0.39 is 6.67 Å². The van der Waals surface area contributed by atoms with Crippen LogP contribution < -0.4 is 5.32 Å². The number of benzene rings is 1. The van der Waals surface area contributed by atoms with Crippen LogP contribution in [0, 0.1) is 12.7 Å². The average molecular weight is 514 g/mol. The largest absolute Gasteiger partial charge is 0.349 e. The summed E-state index contributed by atoms with van der Waals surface area (Å²) in [4.78, 5) is 33.2. The zero-order valence-electron chi connectivity index (χ0n) is 21.8. The molecule has 1 N–H and O–H groups in total. The molecule has 5 rings (SSSR count). The molecule has 3 aliphatic rings. The fourth-order valence-electron chi connectivity index (χ4n) is 6.87. The maximum absolute atomic E-state index is 13.9. The van der Waals surface area contributed by atoms with Crippen molar-refractivity contribution in [1.29, 1.82) is 0 Å². The Morgan fingerprint density at radius 3 is 2.62 bits per heavy atom. The van der Waals surface area contributed by atoms with Crippen molar-refractivity contribution in [2.24, 2.45) is 0 Å². The SMILES string of the molecule is CC(=O)N[C@@H](CCN1[C@@H]2CC[C@H]1CC(n1c(C)nc3c1CCN(C(=O)CCF)C3)C2)c1cccc(F)c1. The molecule has 37 heavy (non-hydrogen) atoms. The van der Waals surface area contributed by atoms with E-state index in [9.17, 15) is 18.4 Å². The molecule has 2 saturated heterocycles. The summed E-state index contributed by atoms with van der Waals surface area (Å²) in [6, 6.07) is 7.62. The number of alkyl halides is 1. The lowest BCUT2D eigenvalue weighted by molar-refractivity contribution is -0.132. The highest BCUT2D eigenvalue weighted by molar-refractivity contribution is 5.76. The van der Waals surface area contributed by atoms with Gasteiger partial charge in [-0.3, -0.25) is 18.9 Å². The number of aromatic nitrogens is 2. The molecule has 9 heteroatoms. The number of carbonyl (C=O) groups is 2. The van der Waals surface area contributed by atoms with Crippen LogP contribution in [-0.4, -0.2) is 63.0 Å². The van der Waals surface area contributed by atoms with Gasteiger partial charge >= 0.3 is 0 Å². The predicted molar refractivity (Wildman–Crippen MR) is 136 cm³/mol. The Balaban J connectivity index is 1.26. The van der Waals surface area contributed by atoms with Crippen molar-refractivity contribution in [3.05, 3.63) is 52.9 Å². The van der Waals surface area contributed by atoms with Crippen LogP contribution in [-0.2, 0) is 22.6 Å². The molecule has 200 valence electrons. The highest BCUT2D eigenvalue weighted by Gasteiger charge is 2.42. The number of nitrogens with zero attached hydrogens (tertiary/aromatic N) is 4. The van der Waals surface area contributed by atoms with Crippen LogP contribution in [0.2, 0.25) is 0 Å². The number of aryl methyl sites for hydroxylation is 1. The Morgan fingerprint density at radius 2 is 1.95 bits per heavy atom. The number of fused-ring (bicyclic) bond motifs is 3. The van der Waals surface area contributed by atoms with Crippen molar-refractivity contribution >= 4 is 11.8 Å². The zero-order valence-corrected chi connectivity index (χ0v) is 21.8. The maximum Gasteiger partial charge on any atom is 0.225 e. The van der Waals surface area contributed by atoms with Gasteiger partial charge in [0.2, 0.25) is 11.8 Å². The highest BCUT2D eigenvalue weighted by atomic mass is 19.1. The van der Waals surface area contributed by atoms with Crippen LogP contribution in [0.5, 0.6) is 0 Å². The number of hydrogen-bond donors (Lipinski definition) is 1. The highest BCUT2D eigenvalue weighted by Crippen LogP contribution is 2.43. The predicted octanol–water partition coefficient (Wildman–Crippen LogP) is 4.01. The number of hydrogen-bond acceptors (Lipinski definition) is 4. The van der Waals surface area contributed by atoms with Gasteiger partial charge < -0.3 is 14.8 Å². The molecule has 4 atom stereocenters. The number of halogens is 2. The summed E-state index contributed by atoms with van der Waals surface area (Å²) in [6.07, 6.45) is 5.86. The smallest absolute Gasteiger partial charge is 0.225 e. The summed E-state index contributed by atoms with van der Waals surface area (Å²) in [6.45, 7) is 4.88. The van der Waals surface area contributed by atoms with Gasteiger partial charge in [-0.15, -0.1) is 0 Å². The molecule has 3 aliphatic heterocycles. The van der Waals surface area contributed by atoms with E-state index in [1.54, 1.807) is 11.0 Å². The van der Waals surface area contributed by atoms with Gasteiger partial charge in [0.15, 0.2) is 0 Å². The standard InChI is InChI=1S/C28H37F2N5O2/c1-18-31-26-17-33(28(37)8-11-29)12-10-27(26)35(18)24-15-22-6-7-23(16-24)34(22)13-9-25(32-19(2)36)20-4-3-5-21(30)14-20/h3-5,14,22-25H,6-13,15-17H2,1-2H3,(H,32,36)/t22-,23+,24?,25-/m0/s1. The molecule has 0 spiro atoms. The van der Waals surface area contributed by atoms with Gasteiger partial charge in [-0.2, -0.15) is 0 Å². The van der Waals surface area contributed by atoms with Crippen molar-refractivity contribution in [1.82, 2.24) is 24.7 Å². The second-order valence-corrected chi connectivity index (χ2v) is 10.8. The summed E-state index contributed by atoms with van der Waals surface area (Å²) in [7, 11) is 0. The summed E-state index contributed by atoms with van der Waals surface area (Å²) < 4.78 is 28.9. The Labute approximate surface area is 217 Å². The van der Waals surface area contributed by atoms with Crippen molar-refractivity contribution in [2.45, 2.75) is 89.5 Å². The first-order valence-electron chi connectivity index (χ1n) is 13.5. The molecule has 1 unspecified atom stereocenters. The zero-order chi connectivity index (χ0) is 26.1. The Bertz CT molecular complexity index is 1140. The van der Waals surface area contributed by atoms with Crippen molar-refractivity contribution in [2.75, 3.05) is 19.8 Å². The molecule has 0 saturated carbocycles. The number of rotatable bonds is 8. The van der Waals surface area contributed by atoms with Crippen LogP contribution in [0.1, 0.15) is 80.3 Å². The van der Waals surface area contributed by atoms with E-state index in [1.165, 1.54) is 24.8 Å². The van der Waals surface area contributed by atoms with E-state index >= 15 is 0 Å². The van der Waals surface area contributed by atoms with Gasteiger partial charge in [0.25, 0.3) is 0 Å². The molecular formula is C28H37F2N5O2. The van der Waals surface area contributed by atoms with Crippen LogP contribution in [0.3, 0.4) is 0 Å². The van der Waals surface area contributed by atoms with E-state index in [-0.39, 0.29) is 30.1 Å². The lowest BCUT2D eigenvalue weighted by Gasteiger charge is -2.41. The van der Waals surface area contributed by atoms with E-state index in [4.69, 9.17) is 4.98 Å². The lowest BCUT2D eigenvalue weighted by Crippen LogP contribution is -2.45. The minimum atomic E-state index is -0.620. The number of amides is 2. The van der Waals surface area contributed by atoms with Crippen LogP contribution in [0.25, 0.3) is 0 Å². The quantitative estimate of drug-likeness (QED) is 0.579. The van der Waals surface area contributed by atoms with Crippen molar-refractivity contribution < 1.29 is 18.4 Å². The van der Waals surface area contributed by atoms with Crippen molar-refractivity contribution in [3.63, 3.8) is 0 Å². The topological polar surface area (TPSA) is 70.5 Å². The van der Waals surface area contributed by atoms with Gasteiger partial charge in [-0.25, -0.2) is 9.37 Å². The number of nitrogens with one attached hydrogen (secondary N) is 1. The third kappa shape index (κ3) is 5.42. The van der Waals surface area contributed by atoms with Crippen LogP contribution in [0.15, 0.2) is 24.3 Å². The van der Waals surface area contributed by atoms with Gasteiger partial charge in [0.05, 0.1) is 31.4 Å². The fraction of sp³-hybridized carbons (Fsp3) is 0.607. The monoisotopic (exact) mass is 513 g/mol. The van der Waals surface area contributed by atoms with Gasteiger partial charge in [-0.05, 0) is 56.7 Å². The van der Waals surface area contributed by atoms with Gasteiger partial charge in [-0.1, -0.05) is 12.1 Å².